The Kier molecular flexibility index (Phi) is 4.05. The van der Waals surface area contributed by atoms with Crippen LogP contribution >= 0.6 is 12.8 Å². The molecule has 2 N–H and O–H groups in total. The summed E-state index contributed by atoms with van der Waals surface area (Å²) >= 11 is 3.46. The number of thiol groups is 1. The third-order valence-corrected chi connectivity index (χ3v) is 2.07. The Balaban J connectivity index is 2.84. The smallest absolute Gasteiger partial charge is 0.333 e. The van der Waals surface area contributed by atoms with Gasteiger partial charge in [0.15, 0.2) is 0 Å². The van der Waals surface area contributed by atoms with Crippen LogP contribution in [0.5, 0.6) is 0 Å². The van der Waals surface area contributed by atoms with Crippen LogP contribution < -0.4 is 10.0 Å². The highest BCUT2D eigenvalue weighted by Gasteiger charge is 2.32. The molecule has 1 aromatic rings. The zero-order valence-electron chi connectivity index (χ0n) is 8.01. The molecule has 0 atom stereocenters. The van der Waals surface area contributed by atoms with E-state index in [1.54, 1.807) is 0 Å². The zero-order valence-corrected chi connectivity index (χ0v) is 8.90. The van der Waals surface area contributed by atoms with Crippen molar-refractivity contribution in [3.05, 3.63) is 35.4 Å². The van der Waals surface area contributed by atoms with Gasteiger partial charge in [0.25, 0.3) is 0 Å². The number of rotatable bonds is 2. The highest BCUT2D eigenvalue weighted by molar-refractivity contribution is 7.78. The third kappa shape index (κ3) is 3.34. The second-order valence-corrected chi connectivity index (χ2v) is 3.17. The standard InChI is InChI=1S/C9H9F3N2OS/c10-9(11,12)7-4-2-1-3-6(7)5-13-8(15)14-16/h1-4,16H,5H2,(H2,13,14,15). The molecule has 0 aliphatic carbocycles. The molecule has 3 nitrogen and oxygen atoms in total. The van der Waals surface area contributed by atoms with Crippen molar-refractivity contribution in [1.82, 2.24) is 10.0 Å². The van der Waals surface area contributed by atoms with E-state index in [-0.39, 0.29) is 12.1 Å². The van der Waals surface area contributed by atoms with Gasteiger partial charge >= 0.3 is 12.2 Å². The van der Waals surface area contributed by atoms with Crippen LogP contribution in [0.25, 0.3) is 0 Å². The maximum Gasteiger partial charge on any atom is 0.416 e. The van der Waals surface area contributed by atoms with Crippen molar-refractivity contribution >= 4 is 18.8 Å². The summed E-state index contributed by atoms with van der Waals surface area (Å²) in [5.74, 6) is 0. The molecule has 0 aromatic heterocycles. The van der Waals surface area contributed by atoms with Crippen LogP contribution in [0.3, 0.4) is 0 Å². The SMILES string of the molecule is O=C(NS)NCc1ccccc1C(F)(F)F. The van der Waals surface area contributed by atoms with Crippen molar-refractivity contribution in [3.8, 4) is 0 Å². The van der Waals surface area contributed by atoms with Crippen molar-refractivity contribution in [2.24, 2.45) is 0 Å². The second kappa shape index (κ2) is 5.11. The average molecular weight is 250 g/mol. The maximum atomic E-state index is 12.5. The van der Waals surface area contributed by atoms with E-state index in [0.29, 0.717) is 0 Å². The molecule has 0 radical (unpaired) electrons. The van der Waals surface area contributed by atoms with Gasteiger partial charge in [-0.15, -0.1) is 0 Å². The fourth-order valence-corrected chi connectivity index (χ4v) is 1.25. The molecular formula is C9H9F3N2OS. The van der Waals surface area contributed by atoms with Gasteiger partial charge in [0.1, 0.15) is 0 Å². The lowest BCUT2D eigenvalue weighted by Gasteiger charge is -2.12. The van der Waals surface area contributed by atoms with Crippen molar-refractivity contribution in [2.75, 3.05) is 0 Å². The summed E-state index contributed by atoms with van der Waals surface area (Å²) in [4.78, 5) is 10.8. The van der Waals surface area contributed by atoms with Crippen molar-refractivity contribution in [3.63, 3.8) is 0 Å². The van der Waals surface area contributed by atoms with Crippen LogP contribution in [0.1, 0.15) is 11.1 Å². The largest absolute Gasteiger partial charge is 0.416 e. The number of amides is 2. The van der Waals surface area contributed by atoms with Crippen LogP contribution in [-0.2, 0) is 12.7 Å². The van der Waals surface area contributed by atoms with Gasteiger partial charge in [-0.25, -0.2) is 4.79 Å². The van der Waals surface area contributed by atoms with Crippen LogP contribution in [0, 0.1) is 0 Å². The van der Waals surface area contributed by atoms with Crippen molar-refractivity contribution in [1.29, 1.82) is 0 Å². The normalized spacial score (nSPS) is 11.0. The topological polar surface area (TPSA) is 41.1 Å². The first-order valence-corrected chi connectivity index (χ1v) is 4.73. The van der Waals surface area contributed by atoms with Crippen LogP contribution in [0.4, 0.5) is 18.0 Å². The summed E-state index contributed by atoms with van der Waals surface area (Å²) < 4.78 is 39.5. The van der Waals surface area contributed by atoms with E-state index in [2.05, 4.69) is 18.1 Å². The first kappa shape index (κ1) is 12.7. The highest BCUT2D eigenvalue weighted by Crippen LogP contribution is 2.31. The molecule has 1 aromatic carbocycles. The van der Waals surface area contributed by atoms with E-state index in [1.165, 1.54) is 18.2 Å². The Labute approximate surface area is 95.6 Å². The molecule has 2 amide bonds. The predicted octanol–water partition coefficient (Wildman–Crippen LogP) is 2.35. The number of carbonyl (C=O) groups is 1. The number of urea groups is 1. The lowest BCUT2D eigenvalue weighted by atomic mass is 10.1. The van der Waals surface area contributed by atoms with Gasteiger partial charge in [0.2, 0.25) is 0 Å². The molecule has 0 spiro atoms. The molecule has 0 aliphatic heterocycles. The number of carbonyl (C=O) groups excluding carboxylic acids is 1. The Morgan fingerprint density at radius 2 is 1.94 bits per heavy atom. The molecule has 0 saturated carbocycles. The number of nitrogens with one attached hydrogen (secondary N) is 2. The van der Waals surface area contributed by atoms with E-state index >= 15 is 0 Å². The summed E-state index contributed by atoms with van der Waals surface area (Å²) in [6.07, 6.45) is -4.42. The summed E-state index contributed by atoms with van der Waals surface area (Å²) in [5.41, 5.74) is -0.749. The minimum atomic E-state index is -4.42. The number of halogens is 3. The molecule has 1 rings (SSSR count). The van der Waals surface area contributed by atoms with Gasteiger partial charge in [-0.3, -0.25) is 4.72 Å². The first-order valence-electron chi connectivity index (χ1n) is 4.28. The summed E-state index contributed by atoms with van der Waals surface area (Å²) in [5, 5.41) is 2.23. The first-order chi connectivity index (χ1) is 7.45. The molecule has 0 fully saturated rings. The Hall–Kier alpha value is -1.37. The molecule has 0 bridgehead atoms. The number of benzene rings is 1. The van der Waals surface area contributed by atoms with E-state index in [1.807, 2.05) is 4.72 Å². The van der Waals surface area contributed by atoms with Crippen LogP contribution in [0.2, 0.25) is 0 Å². The van der Waals surface area contributed by atoms with Gasteiger partial charge < -0.3 is 5.32 Å². The van der Waals surface area contributed by atoms with Gasteiger partial charge in [-0.05, 0) is 11.6 Å². The molecule has 7 heteroatoms. The van der Waals surface area contributed by atoms with E-state index in [0.717, 1.165) is 6.07 Å². The minimum absolute atomic E-state index is 0.00642. The van der Waals surface area contributed by atoms with Crippen molar-refractivity contribution in [2.45, 2.75) is 12.7 Å². The van der Waals surface area contributed by atoms with Gasteiger partial charge in [-0.2, -0.15) is 13.2 Å². The molecule has 0 heterocycles. The summed E-state index contributed by atoms with van der Waals surface area (Å²) in [7, 11) is 0. The van der Waals surface area contributed by atoms with Gasteiger partial charge in [-0.1, -0.05) is 31.0 Å². The number of hydrogen-bond acceptors (Lipinski definition) is 2. The highest BCUT2D eigenvalue weighted by atomic mass is 32.1. The minimum Gasteiger partial charge on any atom is -0.333 e. The molecular weight excluding hydrogens is 241 g/mol. The number of alkyl halides is 3. The van der Waals surface area contributed by atoms with Gasteiger partial charge in [0.05, 0.1) is 5.56 Å². The Morgan fingerprint density at radius 3 is 2.50 bits per heavy atom. The lowest BCUT2D eigenvalue weighted by Crippen LogP contribution is -2.30. The summed E-state index contributed by atoms with van der Waals surface area (Å²) in [6, 6.07) is 4.40. The Morgan fingerprint density at radius 1 is 1.31 bits per heavy atom. The zero-order chi connectivity index (χ0) is 12.2. The molecule has 0 aliphatic rings. The average Bonchev–Trinajstić information content (AvgIpc) is 2.25. The summed E-state index contributed by atoms with van der Waals surface area (Å²) in [6.45, 7) is -0.206. The third-order valence-electron chi connectivity index (χ3n) is 1.86. The van der Waals surface area contributed by atoms with E-state index < -0.39 is 17.8 Å². The van der Waals surface area contributed by atoms with Gasteiger partial charge in [0, 0.05) is 6.54 Å². The molecule has 0 unspecified atom stereocenters. The van der Waals surface area contributed by atoms with E-state index in [9.17, 15) is 18.0 Å². The predicted molar refractivity (Wildman–Crippen MR) is 55.8 cm³/mol. The van der Waals surface area contributed by atoms with Crippen molar-refractivity contribution < 1.29 is 18.0 Å². The lowest BCUT2D eigenvalue weighted by molar-refractivity contribution is -0.138. The second-order valence-electron chi connectivity index (χ2n) is 2.95. The van der Waals surface area contributed by atoms with Crippen LogP contribution in [0.15, 0.2) is 24.3 Å². The fraction of sp³-hybridized carbons (Fsp3) is 0.222. The maximum absolute atomic E-state index is 12.5. The van der Waals surface area contributed by atoms with E-state index in [4.69, 9.17) is 0 Å². The molecule has 88 valence electrons. The fourth-order valence-electron chi connectivity index (χ4n) is 1.17. The Bertz CT molecular complexity index is 381. The molecule has 0 saturated heterocycles. The van der Waals surface area contributed by atoms with Crippen LogP contribution in [-0.4, -0.2) is 6.03 Å². The quantitative estimate of drug-likeness (QED) is 0.693. The number of hydrogen-bond donors (Lipinski definition) is 3. The monoisotopic (exact) mass is 250 g/mol. The molecule has 16 heavy (non-hydrogen) atoms.